The van der Waals surface area contributed by atoms with Gasteiger partial charge in [0, 0.05) is 37.3 Å². The molecule has 5 rings (SSSR count). The van der Waals surface area contributed by atoms with Crippen LogP contribution in [0.15, 0.2) is 36.5 Å². The van der Waals surface area contributed by atoms with Gasteiger partial charge in [0.2, 0.25) is 5.91 Å². The topological polar surface area (TPSA) is 130 Å². The van der Waals surface area contributed by atoms with E-state index in [0.717, 1.165) is 79.0 Å². The van der Waals surface area contributed by atoms with Crippen LogP contribution in [0.25, 0.3) is 5.65 Å². The SMILES string of the molecule is CC(C)c1c(NC[C@H]2CCNC[C@@H]2O)nn2c(NCc3cccc(C4(C(N)=O)CCCCC4)c3)ccnc12. The number of carbonyl (C=O) groups is 1. The Kier molecular flexibility index (Phi) is 7.85. The van der Waals surface area contributed by atoms with Gasteiger partial charge in [0.25, 0.3) is 0 Å². The van der Waals surface area contributed by atoms with Gasteiger partial charge in [0.1, 0.15) is 5.82 Å². The van der Waals surface area contributed by atoms with Crippen molar-refractivity contribution in [1.29, 1.82) is 0 Å². The first-order chi connectivity index (χ1) is 18.4. The van der Waals surface area contributed by atoms with Gasteiger partial charge in [-0.05, 0) is 48.9 Å². The van der Waals surface area contributed by atoms with Gasteiger partial charge < -0.3 is 26.8 Å². The van der Waals surface area contributed by atoms with E-state index in [9.17, 15) is 9.90 Å². The number of benzene rings is 1. The smallest absolute Gasteiger partial charge is 0.228 e. The highest BCUT2D eigenvalue weighted by molar-refractivity contribution is 5.87. The fraction of sp³-hybridized carbons (Fsp3) is 0.552. The van der Waals surface area contributed by atoms with Crippen molar-refractivity contribution in [1.82, 2.24) is 19.9 Å². The number of nitrogens with one attached hydrogen (secondary N) is 3. The van der Waals surface area contributed by atoms with Crippen LogP contribution in [0.5, 0.6) is 0 Å². The molecule has 9 heteroatoms. The van der Waals surface area contributed by atoms with E-state index in [2.05, 4.69) is 46.9 Å². The summed E-state index contributed by atoms with van der Waals surface area (Å²) in [7, 11) is 0. The Morgan fingerprint density at radius 1 is 1.24 bits per heavy atom. The van der Waals surface area contributed by atoms with Gasteiger partial charge in [-0.15, -0.1) is 5.10 Å². The van der Waals surface area contributed by atoms with Gasteiger partial charge in [0.15, 0.2) is 11.5 Å². The highest BCUT2D eigenvalue weighted by atomic mass is 16.3. The van der Waals surface area contributed by atoms with Crippen molar-refractivity contribution in [2.75, 3.05) is 30.3 Å². The lowest BCUT2D eigenvalue weighted by Crippen LogP contribution is -2.43. The number of nitrogens with zero attached hydrogens (tertiary/aromatic N) is 3. The number of anilines is 2. The monoisotopic (exact) mass is 519 g/mol. The summed E-state index contributed by atoms with van der Waals surface area (Å²) in [6.45, 7) is 7.10. The summed E-state index contributed by atoms with van der Waals surface area (Å²) in [5.41, 5.74) is 9.38. The number of hydrogen-bond donors (Lipinski definition) is 5. The molecule has 1 amide bonds. The Labute approximate surface area is 224 Å². The van der Waals surface area contributed by atoms with E-state index < -0.39 is 5.41 Å². The zero-order chi connectivity index (χ0) is 26.7. The standard InChI is InChI=1S/C29H41N7O2/c1-19(2)25-26(34-17-21-9-13-31-18-23(21)37)35-36-24(10-14-32-27(25)36)33-16-20-7-6-8-22(15-20)29(28(30)38)11-4-3-5-12-29/h6-8,10,14-15,19,21,23,31,33,37H,3-5,9,11-13,16-18H2,1-2H3,(H2,30,38)(H,34,35)/t21-,23+/m1/s1. The Morgan fingerprint density at radius 2 is 2.05 bits per heavy atom. The van der Waals surface area contributed by atoms with Gasteiger partial charge in [-0.3, -0.25) is 4.79 Å². The lowest BCUT2D eigenvalue weighted by Gasteiger charge is -2.35. The van der Waals surface area contributed by atoms with Crippen LogP contribution in [0, 0.1) is 5.92 Å². The van der Waals surface area contributed by atoms with Crippen molar-refractivity contribution in [2.24, 2.45) is 11.7 Å². The van der Waals surface area contributed by atoms with Crippen LogP contribution in [0.2, 0.25) is 0 Å². The van der Waals surface area contributed by atoms with E-state index in [1.165, 1.54) is 0 Å². The van der Waals surface area contributed by atoms with Gasteiger partial charge >= 0.3 is 0 Å². The minimum absolute atomic E-state index is 0.187. The molecule has 1 aliphatic carbocycles. The van der Waals surface area contributed by atoms with E-state index in [1.807, 2.05) is 28.9 Å². The van der Waals surface area contributed by atoms with E-state index >= 15 is 0 Å². The number of amides is 1. The quantitative estimate of drug-likeness (QED) is 0.292. The van der Waals surface area contributed by atoms with E-state index in [1.54, 1.807) is 0 Å². The minimum atomic E-state index is -0.561. The number of aliphatic hydroxyl groups is 1. The number of primary amides is 1. The summed E-state index contributed by atoms with van der Waals surface area (Å²) in [5, 5.41) is 25.6. The molecule has 0 spiro atoms. The fourth-order valence-electron chi connectivity index (χ4n) is 6.13. The first-order valence-electron chi connectivity index (χ1n) is 14.0. The predicted molar refractivity (Wildman–Crippen MR) is 150 cm³/mol. The van der Waals surface area contributed by atoms with Crippen molar-refractivity contribution < 1.29 is 9.90 Å². The number of aliphatic hydroxyl groups excluding tert-OH is 1. The predicted octanol–water partition coefficient (Wildman–Crippen LogP) is 3.53. The van der Waals surface area contributed by atoms with Crippen molar-refractivity contribution in [3.63, 3.8) is 0 Å². The Balaban J connectivity index is 1.37. The molecular formula is C29H41N7O2. The number of hydrogen-bond acceptors (Lipinski definition) is 7. The van der Waals surface area contributed by atoms with Crippen molar-refractivity contribution in [2.45, 2.75) is 76.4 Å². The number of aromatic nitrogens is 3. The zero-order valence-electron chi connectivity index (χ0n) is 22.5. The summed E-state index contributed by atoms with van der Waals surface area (Å²) < 4.78 is 1.87. The number of fused-ring (bicyclic) bond motifs is 1. The summed E-state index contributed by atoms with van der Waals surface area (Å²) in [4.78, 5) is 17.2. The summed E-state index contributed by atoms with van der Waals surface area (Å²) in [6, 6.07) is 10.2. The Bertz CT molecular complexity index is 1270. The Morgan fingerprint density at radius 3 is 2.79 bits per heavy atom. The average Bonchev–Trinajstić information content (AvgIpc) is 3.31. The first kappa shape index (κ1) is 26.4. The molecule has 2 atom stereocenters. The van der Waals surface area contributed by atoms with Gasteiger partial charge in [0.05, 0.1) is 11.5 Å². The first-order valence-corrected chi connectivity index (χ1v) is 14.0. The highest BCUT2D eigenvalue weighted by Gasteiger charge is 2.39. The number of nitrogens with two attached hydrogens (primary N) is 1. The van der Waals surface area contributed by atoms with Crippen LogP contribution in [0.3, 0.4) is 0 Å². The second-order valence-corrected chi connectivity index (χ2v) is 11.2. The largest absolute Gasteiger partial charge is 0.391 e. The summed E-state index contributed by atoms with van der Waals surface area (Å²) in [6.07, 6.45) is 7.25. The van der Waals surface area contributed by atoms with Crippen LogP contribution in [-0.4, -0.2) is 51.4 Å². The molecule has 3 heterocycles. The third-order valence-corrected chi connectivity index (χ3v) is 8.38. The van der Waals surface area contributed by atoms with Crippen LogP contribution >= 0.6 is 0 Å². The number of carbonyl (C=O) groups excluding carboxylic acids is 1. The Hall–Kier alpha value is -3.17. The molecule has 2 fully saturated rings. The van der Waals surface area contributed by atoms with Crippen LogP contribution in [-0.2, 0) is 16.8 Å². The zero-order valence-corrected chi connectivity index (χ0v) is 22.5. The van der Waals surface area contributed by atoms with Crippen molar-refractivity contribution in [3.8, 4) is 0 Å². The minimum Gasteiger partial charge on any atom is -0.391 e. The summed E-state index contributed by atoms with van der Waals surface area (Å²) in [5.74, 6) is 1.86. The van der Waals surface area contributed by atoms with E-state index in [0.29, 0.717) is 19.6 Å². The maximum Gasteiger partial charge on any atom is 0.228 e. The molecule has 0 unspecified atom stereocenters. The second-order valence-electron chi connectivity index (χ2n) is 11.2. The lowest BCUT2D eigenvalue weighted by molar-refractivity contribution is -0.124. The van der Waals surface area contributed by atoms with Crippen molar-refractivity contribution >= 4 is 23.2 Å². The maximum atomic E-state index is 12.5. The molecule has 6 N–H and O–H groups in total. The molecule has 3 aromatic rings. The molecule has 1 saturated carbocycles. The molecule has 1 aliphatic heterocycles. The molecule has 9 nitrogen and oxygen atoms in total. The normalized spacial score (nSPS) is 21.5. The molecule has 0 radical (unpaired) electrons. The third-order valence-electron chi connectivity index (χ3n) is 8.38. The van der Waals surface area contributed by atoms with Crippen LogP contribution < -0.4 is 21.7 Å². The molecule has 1 aromatic carbocycles. The van der Waals surface area contributed by atoms with E-state index in [-0.39, 0.29) is 23.8 Å². The highest BCUT2D eigenvalue weighted by Crippen LogP contribution is 2.39. The van der Waals surface area contributed by atoms with Gasteiger partial charge in [-0.1, -0.05) is 57.4 Å². The lowest BCUT2D eigenvalue weighted by atomic mass is 9.68. The van der Waals surface area contributed by atoms with Gasteiger partial charge in [-0.2, -0.15) is 4.52 Å². The average molecular weight is 520 g/mol. The van der Waals surface area contributed by atoms with E-state index in [4.69, 9.17) is 10.8 Å². The number of rotatable bonds is 9. The molecular weight excluding hydrogens is 478 g/mol. The molecule has 38 heavy (non-hydrogen) atoms. The van der Waals surface area contributed by atoms with Gasteiger partial charge in [-0.25, -0.2) is 4.98 Å². The molecule has 2 aromatic heterocycles. The van der Waals surface area contributed by atoms with Crippen molar-refractivity contribution in [3.05, 3.63) is 53.2 Å². The number of piperidine rings is 1. The maximum absolute atomic E-state index is 12.5. The summed E-state index contributed by atoms with van der Waals surface area (Å²) >= 11 is 0. The fourth-order valence-corrected chi connectivity index (χ4v) is 6.13. The second kappa shape index (κ2) is 11.3. The molecule has 1 saturated heterocycles. The van der Waals surface area contributed by atoms with Crippen LogP contribution in [0.1, 0.15) is 75.0 Å². The molecule has 0 bridgehead atoms. The molecule has 204 valence electrons. The molecule has 2 aliphatic rings. The number of β-amino-alcohol motifs (C(OH)–C–C–N with tert-alkyl or cyclic N) is 1. The van der Waals surface area contributed by atoms with Crippen LogP contribution in [0.4, 0.5) is 11.6 Å². The third kappa shape index (κ3) is 5.22.